The highest BCUT2D eigenvalue weighted by Gasteiger charge is 2.48. The molecular weight excluding hydrogens is 408 g/mol. The molecule has 1 aliphatic rings. The number of halogens is 1. The van der Waals surface area contributed by atoms with Gasteiger partial charge in [-0.3, -0.25) is 4.79 Å². The molecule has 0 aliphatic heterocycles. The van der Waals surface area contributed by atoms with Crippen molar-refractivity contribution in [3.05, 3.63) is 48.0 Å². The number of esters is 2. The van der Waals surface area contributed by atoms with Crippen molar-refractivity contribution >= 4 is 34.0 Å². The van der Waals surface area contributed by atoms with Crippen molar-refractivity contribution in [2.45, 2.75) is 36.5 Å². The Bertz CT molecular complexity index is 688. The van der Waals surface area contributed by atoms with Crippen molar-refractivity contribution in [2.24, 2.45) is 0 Å². The summed E-state index contributed by atoms with van der Waals surface area (Å²) in [5, 5.41) is 0. The summed E-state index contributed by atoms with van der Waals surface area (Å²) in [6.07, 6.45) is 1.14. The van der Waals surface area contributed by atoms with Crippen molar-refractivity contribution in [1.82, 2.24) is 0 Å². The average Bonchev–Trinajstić information content (AvgIpc) is 2.62. The highest BCUT2D eigenvalue weighted by atomic mass is 79.9. The Labute approximate surface area is 159 Å². The van der Waals surface area contributed by atoms with E-state index in [0.717, 1.165) is 5.56 Å². The Morgan fingerprint density at radius 1 is 1.23 bits per heavy atom. The molecule has 0 saturated heterocycles. The molecule has 1 aromatic carbocycles. The van der Waals surface area contributed by atoms with Crippen molar-refractivity contribution in [1.29, 1.82) is 0 Å². The minimum atomic E-state index is -1.73. The fourth-order valence-electron chi connectivity index (χ4n) is 2.51. The van der Waals surface area contributed by atoms with Crippen LogP contribution in [0.3, 0.4) is 0 Å². The van der Waals surface area contributed by atoms with Gasteiger partial charge in [0.15, 0.2) is 0 Å². The lowest BCUT2D eigenvalue weighted by atomic mass is 9.88. The zero-order valence-electron chi connectivity index (χ0n) is 14.3. The van der Waals surface area contributed by atoms with E-state index in [-0.39, 0.29) is 17.9 Å². The summed E-state index contributed by atoms with van der Waals surface area (Å²) < 4.78 is 20.3. The van der Waals surface area contributed by atoms with Gasteiger partial charge in [-0.2, -0.15) is 0 Å². The third-order valence-corrected chi connectivity index (χ3v) is 4.62. The lowest BCUT2D eigenvalue weighted by molar-refractivity contribution is -0.167. The number of hydrogen-bond donors (Lipinski definition) is 0. The van der Waals surface area contributed by atoms with Gasteiger partial charge in [-0.05, 0) is 11.6 Å². The van der Waals surface area contributed by atoms with E-state index in [0.29, 0.717) is 0 Å². The number of carbonyl (C=O) groups is 3. The van der Waals surface area contributed by atoms with Crippen LogP contribution in [0.4, 0.5) is 4.79 Å². The van der Waals surface area contributed by atoms with Gasteiger partial charge >= 0.3 is 18.1 Å². The Morgan fingerprint density at radius 2 is 1.92 bits per heavy atom. The summed E-state index contributed by atoms with van der Waals surface area (Å²) in [6.45, 7) is 1.25. The molecule has 0 heterocycles. The van der Waals surface area contributed by atoms with Crippen LogP contribution in [0.25, 0.3) is 0 Å². The van der Waals surface area contributed by atoms with Crippen LogP contribution in [0.1, 0.15) is 18.9 Å². The van der Waals surface area contributed by atoms with Crippen molar-refractivity contribution < 1.29 is 33.3 Å². The SMILES string of the molecule is COC(=O)[C@@]1(OC(=O)OCc2ccccc2)C=C[C@@H](Br)[C@H](OC(C)=O)C1. The predicted octanol–water partition coefficient (Wildman–Crippen LogP) is 2.91. The summed E-state index contributed by atoms with van der Waals surface area (Å²) in [4.78, 5) is 35.3. The van der Waals surface area contributed by atoms with Crippen LogP contribution in [0.2, 0.25) is 0 Å². The quantitative estimate of drug-likeness (QED) is 0.309. The van der Waals surface area contributed by atoms with Crippen molar-refractivity contribution in [2.75, 3.05) is 7.11 Å². The third kappa shape index (κ3) is 5.08. The number of carbonyl (C=O) groups excluding carboxylic acids is 3. The first-order chi connectivity index (χ1) is 12.4. The first-order valence-electron chi connectivity index (χ1n) is 7.85. The molecule has 0 unspecified atom stereocenters. The molecule has 1 aromatic rings. The monoisotopic (exact) mass is 426 g/mol. The van der Waals surface area contributed by atoms with Crippen LogP contribution in [-0.2, 0) is 35.1 Å². The molecule has 3 atom stereocenters. The second-order valence-corrected chi connectivity index (χ2v) is 6.72. The van der Waals surface area contributed by atoms with Crippen LogP contribution < -0.4 is 0 Å². The zero-order chi connectivity index (χ0) is 19.2. The molecule has 2 rings (SSSR count). The van der Waals surface area contributed by atoms with Gasteiger partial charge in [0.1, 0.15) is 12.7 Å². The molecule has 1 aliphatic carbocycles. The van der Waals surface area contributed by atoms with Gasteiger partial charge in [0.05, 0.1) is 11.9 Å². The molecule has 0 fully saturated rings. The molecule has 0 aromatic heterocycles. The Kier molecular flexibility index (Phi) is 6.79. The molecule has 0 saturated carbocycles. The van der Waals surface area contributed by atoms with Crippen LogP contribution in [0.15, 0.2) is 42.5 Å². The predicted molar refractivity (Wildman–Crippen MR) is 94.5 cm³/mol. The van der Waals surface area contributed by atoms with Crippen LogP contribution >= 0.6 is 15.9 Å². The minimum absolute atomic E-state index is 0.00488. The van der Waals surface area contributed by atoms with Crippen molar-refractivity contribution in [3.63, 3.8) is 0 Å². The largest absolute Gasteiger partial charge is 0.510 e. The van der Waals surface area contributed by atoms with Gasteiger partial charge in [-0.1, -0.05) is 52.3 Å². The van der Waals surface area contributed by atoms with Gasteiger partial charge in [-0.15, -0.1) is 0 Å². The van der Waals surface area contributed by atoms with Gasteiger partial charge in [0, 0.05) is 13.3 Å². The number of alkyl halides is 1. The zero-order valence-corrected chi connectivity index (χ0v) is 15.9. The Balaban J connectivity index is 2.11. The number of methoxy groups -OCH3 is 1. The molecule has 8 heteroatoms. The Hall–Kier alpha value is -2.35. The molecule has 0 amide bonds. The van der Waals surface area contributed by atoms with Gasteiger partial charge in [-0.25, -0.2) is 9.59 Å². The highest BCUT2D eigenvalue weighted by molar-refractivity contribution is 9.09. The lowest BCUT2D eigenvalue weighted by Crippen LogP contribution is -2.50. The topological polar surface area (TPSA) is 88.1 Å². The summed E-state index contributed by atoms with van der Waals surface area (Å²) in [5.74, 6) is -1.30. The lowest BCUT2D eigenvalue weighted by Gasteiger charge is -2.35. The second-order valence-electron chi connectivity index (χ2n) is 5.66. The normalized spacial score (nSPS) is 24.4. The molecule has 0 radical (unpaired) electrons. The van der Waals surface area contributed by atoms with E-state index in [9.17, 15) is 14.4 Å². The summed E-state index contributed by atoms with van der Waals surface area (Å²) in [6, 6.07) is 9.03. The number of benzene rings is 1. The maximum atomic E-state index is 12.3. The maximum absolute atomic E-state index is 12.3. The molecule has 0 N–H and O–H groups in total. The first-order valence-corrected chi connectivity index (χ1v) is 8.76. The highest BCUT2D eigenvalue weighted by Crippen LogP contribution is 2.33. The number of hydrogen-bond acceptors (Lipinski definition) is 7. The molecule has 7 nitrogen and oxygen atoms in total. The van der Waals surface area contributed by atoms with Crippen molar-refractivity contribution in [3.8, 4) is 0 Å². The van der Waals surface area contributed by atoms with E-state index in [2.05, 4.69) is 15.9 Å². The summed E-state index contributed by atoms with van der Waals surface area (Å²) >= 11 is 3.35. The number of ether oxygens (including phenoxy) is 4. The molecule has 0 spiro atoms. The van der Waals surface area contributed by atoms with Gasteiger partial charge in [0.2, 0.25) is 5.60 Å². The maximum Gasteiger partial charge on any atom is 0.510 e. The van der Waals surface area contributed by atoms with E-state index < -0.39 is 29.8 Å². The molecule has 140 valence electrons. The fourth-order valence-corrected chi connectivity index (χ4v) is 2.95. The van der Waals surface area contributed by atoms with Gasteiger partial charge < -0.3 is 18.9 Å². The Morgan fingerprint density at radius 3 is 2.54 bits per heavy atom. The van der Waals surface area contributed by atoms with E-state index in [4.69, 9.17) is 18.9 Å². The molecule has 0 bridgehead atoms. The van der Waals surface area contributed by atoms with Crippen LogP contribution in [0, 0.1) is 0 Å². The van der Waals surface area contributed by atoms with E-state index >= 15 is 0 Å². The van der Waals surface area contributed by atoms with E-state index in [1.54, 1.807) is 18.2 Å². The minimum Gasteiger partial charge on any atom is -0.466 e. The van der Waals surface area contributed by atoms with E-state index in [1.165, 1.54) is 20.1 Å². The average molecular weight is 427 g/mol. The summed E-state index contributed by atoms with van der Waals surface area (Å²) in [5.41, 5.74) is -0.957. The van der Waals surface area contributed by atoms with E-state index in [1.807, 2.05) is 18.2 Å². The van der Waals surface area contributed by atoms with Gasteiger partial charge in [0.25, 0.3) is 0 Å². The first kappa shape index (κ1) is 20.0. The third-order valence-electron chi connectivity index (χ3n) is 3.72. The summed E-state index contributed by atoms with van der Waals surface area (Å²) in [7, 11) is 1.18. The van der Waals surface area contributed by atoms with Crippen LogP contribution in [-0.4, -0.2) is 41.7 Å². The van der Waals surface area contributed by atoms with Crippen LogP contribution in [0.5, 0.6) is 0 Å². The fraction of sp³-hybridized carbons (Fsp3) is 0.389. The standard InChI is InChI=1S/C18H19BrO7/c1-12(20)25-15-10-18(16(21)23-2,9-8-14(15)19)26-17(22)24-11-13-6-4-3-5-7-13/h3-9,14-15H,10-11H2,1-2H3/t14-,15-,18-/m1/s1. The molecular formula is C18H19BrO7. The molecule has 26 heavy (non-hydrogen) atoms. The number of rotatable bonds is 5. The second kappa shape index (κ2) is 8.84. The smallest absolute Gasteiger partial charge is 0.466 e.